The Hall–Kier alpha value is -0.320. The number of nitrogens with zero attached hydrogens (tertiary/aromatic N) is 1. The van der Waals surface area contributed by atoms with Crippen LogP contribution in [0.4, 0.5) is 0 Å². The molecule has 1 saturated heterocycles. The second kappa shape index (κ2) is 8.85. The summed E-state index contributed by atoms with van der Waals surface area (Å²) in [5.74, 6) is 0.252. The molecule has 0 atom stereocenters. The number of nitrogens with one attached hydrogen (secondary N) is 1. The standard InChI is InChI=1S/C15H28N2O2.ClH/c1-19-12-9-16-13-14(18)17-10-7-15(8-11-17)5-3-2-4-6-15;/h16H,2-13H2,1H3;1H. The zero-order valence-corrected chi connectivity index (χ0v) is 13.5. The van der Waals surface area contributed by atoms with Gasteiger partial charge in [-0.2, -0.15) is 0 Å². The number of carbonyl (C=O) groups excluding carboxylic acids is 1. The SMILES string of the molecule is COCCNCC(=O)N1CCC2(CCCCC2)CC1.Cl. The lowest BCUT2D eigenvalue weighted by molar-refractivity contribution is -0.133. The van der Waals surface area contributed by atoms with E-state index >= 15 is 0 Å². The van der Waals surface area contributed by atoms with Crippen LogP contribution in [0.15, 0.2) is 0 Å². The summed E-state index contributed by atoms with van der Waals surface area (Å²) in [6.07, 6.45) is 9.42. The Labute approximate surface area is 129 Å². The van der Waals surface area contributed by atoms with Crippen LogP contribution in [0.25, 0.3) is 0 Å². The van der Waals surface area contributed by atoms with E-state index < -0.39 is 0 Å². The predicted molar refractivity (Wildman–Crippen MR) is 83.3 cm³/mol. The van der Waals surface area contributed by atoms with Gasteiger partial charge in [-0.25, -0.2) is 0 Å². The van der Waals surface area contributed by atoms with Gasteiger partial charge in [-0.05, 0) is 31.1 Å². The molecule has 0 aromatic rings. The van der Waals surface area contributed by atoms with Gasteiger partial charge < -0.3 is 15.0 Å². The van der Waals surface area contributed by atoms with Gasteiger partial charge in [-0.1, -0.05) is 19.3 Å². The van der Waals surface area contributed by atoms with Gasteiger partial charge in [0.05, 0.1) is 13.2 Å². The van der Waals surface area contributed by atoms with Crippen LogP contribution >= 0.6 is 12.4 Å². The maximum absolute atomic E-state index is 12.1. The summed E-state index contributed by atoms with van der Waals surface area (Å²) in [7, 11) is 1.68. The second-order valence-electron chi connectivity index (χ2n) is 6.11. The number of rotatable bonds is 5. The number of hydrogen-bond acceptors (Lipinski definition) is 3. The van der Waals surface area contributed by atoms with Crippen molar-refractivity contribution in [3.8, 4) is 0 Å². The minimum atomic E-state index is 0. The number of amides is 1. The molecule has 1 spiro atoms. The number of methoxy groups -OCH3 is 1. The number of likely N-dealkylation sites (tertiary alicyclic amines) is 1. The Morgan fingerprint density at radius 3 is 2.40 bits per heavy atom. The minimum absolute atomic E-state index is 0. The molecule has 1 aliphatic carbocycles. The average molecular weight is 305 g/mol. The average Bonchev–Trinajstić information content (AvgIpc) is 2.45. The van der Waals surface area contributed by atoms with Gasteiger partial charge in [0, 0.05) is 26.7 Å². The number of hydrogen-bond donors (Lipinski definition) is 1. The molecule has 5 heteroatoms. The van der Waals surface area contributed by atoms with E-state index in [2.05, 4.69) is 5.32 Å². The Balaban J connectivity index is 0.00000200. The molecule has 0 unspecified atom stereocenters. The van der Waals surface area contributed by atoms with Gasteiger partial charge in [0.15, 0.2) is 0 Å². The normalized spacial score (nSPS) is 21.6. The number of ether oxygens (including phenoxy) is 1. The number of halogens is 1. The first-order chi connectivity index (χ1) is 9.26. The minimum Gasteiger partial charge on any atom is -0.383 e. The van der Waals surface area contributed by atoms with E-state index in [9.17, 15) is 4.79 Å². The van der Waals surface area contributed by atoms with Crippen LogP contribution in [0.2, 0.25) is 0 Å². The first-order valence-corrected chi connectivity index (χ1v) is 7.73. The van der Waals surface area contributed by atoms with E-state index in [1.807, 2.05) is 4.90 Å². The Morgan fingerprint density at radius 2 is 1.80 bits per heavy atom. The molecule has 1 saturated carbocycles. The van der Waals surface area contributed by atoms with Crippen LogP contribution < -0.4 is 5.32 Å². The third-order valence-electron chi connectivity index (χ3n) is 4.85. The third kappa shape index (κ3) is 4.90. The van der Waals surface area contributed by atoms with Crippen molar-refractivity contribution in [3.63, 3.8) is 0 Å². The summed E-state index contributed by atoms with van der Waals surface area (Å²) in [4.78, 5) is 14.1. The highest BCUT2D eigenvalue weighted by molar-refractivity contribution is 5.85. The number of piperidine rings is 1. The van der Waals surface area contributed by atoms with E-state index in [0.717, 1.165) is 19.6 Å². The summed E-state index contributed by atoms with van der Waals surface area (Å²) < 4.78 is 4.96. The predicted octanol–water partition coefficient (Wildman–Crippen LogP) is 2.22. The Morgan fingerprint density at radius 1 is 1.15 bits per heavy atom. The smallest absolute Gasteiger partial charge is 0.236 e. The fourth-order valence-corrected chi connectivity index (χ4v) is 3.51. The first-order valence-electron chi connectivity index (χ1n) is 7.73. The van der Waals surface area contributed by atoms with Gasteiger partial charge in [0.25, 0.3) is 0 Å². The van der Waals surface area contributed by atoms with Crippen molar-refractivity contribution >= 4 is 18.3 Å². The van der Waals surface area contributed by atoms with E-state index in [-0.39, 0.29) is 18.3 Å². The van der Waals surface area contributed by atoms with E-state index in [4.69, 9.17) is 4.74 Å². The van der Waals surface area contributed by atoms with Crippen LogP contribution in [-0.4, -0.2) is 50.7 Å². The third-order valence-corrected chi connectivity index (χ3v) is 4.85. The molecule has 2 fully saturated rings. The second-order valence-corrected chi connectivity index (χ2v) is 6.11. The highest BCUT2D eigenvalue weighted by atomic mass is 35.5. The van der Waals surface area contributed by atoms with E-state index in [0.29, 0.717) is 18.6 Å². The summed E-state index contributed by atoms with van der Waals surface area (Å²) >= 11 is 0. The van der Waals surface area contributed by atoms with Crippen LogP contribution in [0.1, 0.15) is 44.9 Å². The van der Waals surface area contributed by atoms with Crippen molar-refractivity contribution in [1.29, 1.82) is 0 Å². The van der Waals surface area contributed by atoms with Crippen molar-refractivity contribution in [2.45, 2.75) is 44.9 Å². The Kier molecular flexibility index (Phi) is 7.85. The van der Waals surface area contributed by atoms with Crippen molar-refractivity contribution in [2.24, 2.45) is 5.41 Å². The van der Waals surface area contributed by atoms with Crippen LogP contribution in [-0.2, 0) is 9.53 Å². The first kappa shape index (κ1) is 17.7. The molecule has 0 aromatic heterocycles. The molecule has 0 bridgehead atoms. The lowest BCUT2D eigenvalue weighted by Crippen LogP contribution is -2.46. The molecule has 0 radical (unpaired) electrons. The molecule has 20 heavy (non-hydrogen) atoms. The van der Waals surface area contributed by atoms with Crippen molar-refractivity contribution in [2.75, 3.05) is 39.9 Å². The highest BCUT2D eigenvalue weighted by Crippen LogP contribution is 2.44. The molecule has 1 aliphatic heterocycles. The zero-order valence-electron chi connectivity index (χ0n) is 12.7. The van der Waals surface area contributed by atoms with Gasteiger partial charge in [-0.15, -0.1) is 12.4 Å². The van der Waals surface area contributed by atoms with Gasteiger partial charge >= 0.3 is 0 Å². The Bertz CT molecular complexity index is 284. The quantitative estimate of drug-likeness (QED) is 0.792. The molecule has 0 aromatic carbocycles. The van der Waals surface area contributed by atoms with Crippen molar-refractivity contribution < 1.29 is 9.53 Å². The lowest BCUT2D eigenvalue weighted by atomic mass is 9.68. The molecular formula is C15H29ClN2O2. The molecule has 2 rings (SSSR count). The summed E-state index contributed by atoms with van der Waals surface area (Å²) in [5, 5.41) is 3.14. The highest BCUT2D eigenvalue weighted by Gasteiger charge is 2.36. The van der Waals surface area contributed by atoms with Crippen molar-refractivity contribution in [1.82, 2.24) is 10.2 Å². The largest absolute Gasteiger partial charge is 0.383 e. The molecule has 4 nitrogen and oxygen atoms in total. The van der Waals surface area contributed by atoms with E-state index in [1.54, 1.807) is 7.11 Å². The summed E-state index contributed by atoms with van der Waals surface area (Å²) in [5.41, 5.74) is 0.582. The molecule has 118 valence electrons. The lowest BCUT2D eigenvalue weighted by Gasteiger charge is -2.44. The molecule has 2 aliphatic rings. The molecule has 1 amide bonds. The van der Waals surface area contributed by atoms with Crippen LogP contribution in [0.3, 0.4) is 0 Å². The van der Waals surface area contributed by atoms with Gasteiger partial charge in [0.1, 0.15) is 0 Å². The zero-order chi connectivity index (χ0) is 13.6. The monoisotopic (exact) mass is 304 g/mol. The number of carbonyl (C=O) groups is 1. The van der Waals surface area contributed by atoms with Gasteiger partial charge in [0.2, 0.25) is 5.91 Å². The van der Waals surface area contributed by atoms with Crippen LogP contribution in [0, 0.1) is 5.41 Å². The van der Waals surface area contributed by atoms with Gasteiger partial charge in [-0.3, -0.25) is 4.79 Å². The van der Waals surface area contributed by atoms with Crippen LogP contribution in [0.5, 0.6) is 0 Å². The van der Waals surface area contributed by atoms with Crippen molar-refractivity contribution in [3.05, 3.63) is 0 Å². The maximum atomic E-state index is 12.1. The molecule has 1 heterocycles. The fourth-order valence-electron chi connectivity index (χ4n) is 3.51. The summed E-state index contributed by atoms with van der Waals surface area (Å²) in [6, 6.07) is 0. The molecular weight excluding hydrogens is 276 g/mol. The fraction of sp³-hybridized carbons (Fsp3) is 0.933. The topological polar surface area (TPSA) is 41.6 Å². The van der Waals surface area contributed by atoms with E-state index in [1.165, 1.54) is 44.9 Å². The maximum Gasteiger partial charge on any atom is 0.236 e. The summed E-state index contributed by atoms with van der Waals surface area (Å²) in [6.45, 7) is 3.79. The molecule has 1 N–H and O–H groups in total.